The Morgan fingerprint density at radius 1 is 1.31 bits per heavy atom. The Hall–Kier alpha value is -2.51. The lowest BCUT2D eigenvalue weighted by atomic mass is 10.2. The number of carbonyl (C=O) groups excluding carboxylic acids is 1. The number of hydrogen-bond acceptors (Lipinski definition) is 5. The number of thiazole rings is 1. The first kappa shape index (κ1) is 16.9. The Kier molecular flexibility index (Phi) is 4.57. The van der Waals surface area contributed by atoms with Gasteiger partial charge in [0.2, 0.25) is 0 Å². The van der Waals surface area contributed by atoms with Crippen LogP contribution in [0.5, 0.6) is 0 Å². The van der Waals surface area contributed by atoms with E-state index >= 15 is 0 Å². The van der Waals surface area contributed by atoms with Crippen LogP contribution in [0.3, 0.4) is 0 Å². The molecule has 1 aliphatic heterocycles. The van der Waals surface area contributed by atoms with Crippen LogP contribution in [0.25, 0.3) is 0 Å². The summed E-state index contributed by atoms with van der Waals surface area (Å²) in [4.78, 5) is 19.1. The number of amides is 1. The van der Waals surface area contributed by atoms with E-state index in [1.54, 1.807) is 11.8 Å². The molecule has 1 aromatic carbocycles. The molecule has 26 heavy (non-hydrogen) atoms. The number of aliphatic hydroxyl groups excluding tert-OH is 1. The first-order valence-electron chi connectivity index (χ1n) is 8.62. The van der Waals surface area contributed by atoms with Gasteiger partial charge in [0, 0.05) is 18.3 Å². The lowest BCUT2D eigenvalue weighted by Gasteiger charge is -2.27. The van der Waals surface area contributed by atoms with Gasteiger partial charge in [-0.15, -0.1) is 11.3 Å². The van der Waals surface area contributed by atoms with Crippen molar-refractivity contribution in [1.82, 2.24) is 19.7 Å². The molecule has 1 aliphatic rings. The molecule has 7 heteroatoms. The number of carbonyl (C=O) groups is 1. The van der Waals surface area contributed by atoms with Crippen molar-refractivity contribution in [3.05, 3.63) is 69.4 Å². The largest absolute Gasteiger partial charge is 0.387 e. The third kappa shape index (κ3) is 3.40. The first-order valence-corrected chi connectivity index (χ1v) is 9.50. The van der Waals surface area contributed by atoms with Crippen LogP contribution in [0.4, 0.5) is 0 Å². The van der Waals surface area contributed by atoms with Gasteiger partial charge in [-0.25, -0.2) is 4.98 Å². The molecule has 134 valence electrons. The fourth-order valence-corrected chi connectivity index (χ4v) is 3.89. The van der Waals surface area contributed by atoms with Crippen molar-refractivity contribution >= 4 is 17.2 Å². The lowest BCUT2D eigenvalue weighted by Crippen LogP contribution is -2.38. The third-order valence-corrected chi connectivity index (χ3v) is 5.35. The number of rotatable bonds is 4. The van der Waals surface area contributed by atoms with Crippen molar-refractivity contribution in [3.8, 4) is 0 Å². The standard InChI is InChI=1S/C19H20N4O2S/c1-13(24)16-10-15-11-22(7-8-23(15)21-16)19(25)17-12-26-18(20-17)9-14-5-3-2-4-6-14/h2-6,10,12-13,24H,7-9,11H2,1H3/t13-/m0/s1. The van der Waals surface area contributed by atoms with Crippen LogP contribution in [-0.4, -0.2) is 37.2 Å². The average Bonchev–Trinajstić information content (AvgIpc) is 3.28. The maximum absolute atomic E-state index is 12.8. The number of nitrogens with zero attached hydrogens (tertiary/aromatic N) is 4. The Morgan fingerprint density at radius 2 is 2.12 bits per heavy atom. The van der Waals surface area contributed by atoms with Crippen molar-refractivity contribution in [2.45, 2.75) is 32.5 Å². The van der Waals surface area contributed by atoms with Gasteiger partial charge in [0.15, 0.2) is 0 Å². The summed E-state index contributed by atoms with van der Waals surface area (Å²) < 4.78 is 1.87. The molecule has 6 nitrogen and oxygen atoms in total. The van der Waals surface area contributed by atoms with E-state index in [2.05, 4.69) is 22.2 Å². The monoisotopic (exact) mass is 368 g/mol. The molecule has 0 saturated carbocycles. The van der Waals surface area contributed by atoms with E-state index in [9.17, 15) is 9.90 Å². The van der Waals surface area contributed by atoms with Crippen LogP contribution >= 0.6 is 11.3 Å². The van der Waals surface area contributed by atoms with Crippen molar-refractivity contribution in [1.29, 1.82) is 0 Å². The Labute approximate surface area is 155 Å². The molecule has 4 rings (SSSR count). The summed E-state index contributed by atoms with van der Waals surface area (Å²) in [5.41, 5.74) is 3.28. The second-order valence-corrected chi connectivity index (χ2v) is 7.42. The highest BCUT2D eigenvalue weighted by Crippen LogP contribution is 2.21. The van der Waals surface area contributed by atoms with Crippen LogP contribution in [0.2, 0.25) is 0 Å². The number of benzene rings is 1. The summed E-state index contributed by atoms with van der Waals surface area (Å²) in [5.74, 6) is -0.0494. The highest BCUT2D eigenvalue weighted by molar-refractivity contribution is 7.09. The van der Waals surface area contributed by atoms with Crippen molar-refractivity contribution < 1.29 is 9.90 Å². The summed E-state index contributed by atoms with van der Waals surface area (Å²) in [7, 11) is 0. The van der Waals surface area contributed by atoms with Gasteiger partial charge in [-0.05, 0) is 18.6 Å². The van der Waals surface area contributed by atoms with E-state index in [1.165, 1.54) is 16.9 Å². The van der Waals surface area contributed by atoms with Crippen molar-refractivity contribution in [2.75, 3.05) is 6.54 Å². The lowest BCUT2D eigenvalue weighted by molar-refractivity contribution is 0.0700. The first-order chi connectivity index (χ1) is 12.6. The SMILES string of the molecule is C[C@H](O)c1cc2n(n1)CCN(C(=O)c1csc(Cc3ccccc3)n1)C2. The smallest absolute Gasteiger partial charge is 0.273 e. The maximum Gasteiger partial charge on any atom is 0.273 e. The van der Waals surface area contributed by atoms with Gasteiger partial charge in [-0.3, -0.25) is 9.48 Å². The molecule has 0 aliphatic carbocycles. The normalized spacial score (nSPS) is 14.9. The minimum Gasteiger partial charge on any atom is -0.387 e. The maximum atomic E-state index is 12.8. The summed E-state index contributed by atoms with van der Waals surface area (Å²) in [5, 5.41) is 16.9. The number of aliphatic hydroxyl groups is 1. The quantitative estimate of drug-likeness (QED) is 0.768. The average molecular weight is 368 g/mol. The molecule has 1 atom stereocenters. The Balaban J connectivity index is 1.46. The molecule has 0 radical (unpaired) electrons. The number of aromatic nitrogens is 3. The second-order valence-electron chi connectivity index (χ2n) is 6.48. The van der Waals surface area contributed by atoms with Gasteiger partial charge in [0.25, 0.3) is 5.91 Å². The molecule has 0 unspecified atom stereocenters. The molecular weight excluding hydrogens is 348 g/mol. The van der Waals surface area contributed by atoms with E-state index in [0.29, 0.717) is 31.0 Å². The van der Waals surface area contributed by atoms with E-state index in [-0.39, 0.29) is 5.91 Å². The predicted molar refractivity (Wildman–Crippen MR) is 99.0 cm³/mol. The van der Waals surface area contributed by atoms with Gasteiger partial charge in [-0.1, -0.05) is 30.3 Å². The van der Waals surface area contributed by atoms with E-state index in [0.717, 1.165) is 17.1 Å². The number of fused-ring (bicyclic) bond motifs is 1. The van der Waals surface area contributed by atoms with Gasteiger partial charge in [-0.2, -0.15) is 5.10 Å². The zero-order chi connectivity index (χ0) is 18.1. The predicted octanol–water partition coefficient (Wildman–Crippen LogP) is 2.64. The minimum atomic E-state index is -0.601. The topological polar surface area (TPSA) is 71.2 Å². The summed E-state index contributed by atoms with van der Waals surface area (Å²) in [6.07, 6.45) is 0.139. The molecule has 3 aromatic rings. The molecule has 3 heterocycles. The van der Waals surface area contributed by atoms with Crippen LogP contribution in [0.15, 0.2) is 41.8 Å². The second kappa shape index (κ2) is 7.01. The molecule has 1 N–H and O–H groups in total. The fourth-order valence-electron chi connectivity index (χ4n) is 3.09. The van der Waals surface area contributed by atoms with Gasteiger partial charge in [0.1, 0.15) is 5.69 Å². The number of hydrogen-bond donors (Lipinski definition) is 1. The zero-order valence-corrected chi connectivity index (χ0v) is 15.3. The third-order valence-electron chi connectivity index (χ3n) is 4.50. The van der Waals surface area contributed by atoms with Gasteiger partial charge in [0.05, 0.1) is 35.6 Å². The van der Waals surface area contributed by atoms with E-state index in [1.807, 2.05) is 34.3 Å². The van der Waals surface area contributed by atoms with Crippen molar-refractivity contribution in [3.63, 3.8) is 0 Å². The zero-order valence-electron chi connectivity index (χ0n) is 14.5. The molecule has 0 bridgehead atoms. The molecule has 0 fully saturated rings. The van der Waals surface area contributed by atoms with E-state index < -0.39 is 6.10 Å². The molecule has 2 aromatic heterocycles. The molecule has 1 amide bonds. The summed E-state index contributed by atoms with van der Waals surface area (Å²) >= 11 is 1.52. The molecule has 0 saturated heterocycles. The van der Waals surface area contributed by atoms with Crippen LogP contribution in [-0.2, 0) is 19.5 Å². The van der Waals surface area contributed by atoms with Crippen LogP contribution in [0.1, 0.15) is 45.5 Å². The Bertz CT molecular complexity index is 917. The summed E-state index contributed by atoms with van der Waals surface area (Å²) in [6, 6.07) is 12.0. The van der Waals surface area contributed by atoms with Crippen LogP contribution in [0, 0.1) is 0 Å². The summed E-state index contributed by atoms with van der Waals surface area (Å²) in [6.45, 7) is 3.41. The highest BCUT2D eigenvalue weighted by Gasteiger charge is 2.25. The van der Waals surface area contributed by atoms with Crippen LogP contribution < -0.4 is 0 Å². The van der Waals surface area contributed by atoms with Gasteiger partial charge < -0.3 is 10.0 Å². The van der Waals surface area contributed by atoms with Crippen molar-refractivity contribution in [2.24, 2.45) is 0 Å². The molecular formula is C19H20N4O2S. The minimum absolute atomic E-state index is 0.0494. The highest BCUT2D eigenvalue weighted by atomic mass is 32.1. The fraction of sp³-hybridized carbons (Fsp3) is 0.316. The molecule has 0 spiro atoms. The Morgan fingerprint density at radius 3 is 2.88 bits per heavy atom. The van der Waals surface area contributed by atoms with Gasteiger partial charge >= 0.3 is 0 Å². The van der Waals surface area contributed by atoms with E-state index in [4.69, 9.17) is 0 Å².